The fourth-order valence-corrected chi connectivity index (χ4v) is 1.63. The number of rotatable bonds is 5. The molecule has 1 fully saturated rings. The summed E-state index contributed by atoms with van der Waals surface area (Å²) in [7, 11) is 1.70. The third-order valence-corrected chi connectivity index (χ3v) is 2.62. The lowest BCUT2D eigenvalue weighted by atomic mass is 9.67. The Morgan fingerprint density at radius 1 is 1.55 bits per heavy atom. The molecule has 2 heteroatoms. The molecule has 0 aromatic carbocycles. The van der Waals surface area contributed by atoms with Crippen LogP contribution in [0.3, 0.4) is 0 Å². The Bertz CT molecular complexity index is 128. The van der Waals surface area contributed by atoms with Crippen LogP contribution < -0.4 is 0 Å². The lowest BCUT2D eigenvalue weighted by molar-refractivity contribution is -0.121. The highest BCUT2D eigenvalue weighted by atomic mass is 16.5. The van der Waals surface area contributed by atoms with Gasteiger partial charge in [-0.1, -0.05) is 6.42 Å². The molecule has 1 saturated carbocycles. The fraction of sp³-hybridized carbons (Fsp3) is 0.889. The first-order valence-corrected chi connectivity index (χ1v) is 4.28. The van der Waals surface area contributed by atoms with E-state index in [1.165, 1.54) is 6.42 Å². The van der Waals surface area contributed by atoms with Crippen molar-refractivity contribution in [1.82, 2.24) is 0 Å². The standard InChI is InChI=1S/C9H16O2/c1-11-7-3-6-9(8-10)4-2-5-9/h8H,2-7H2,1H3. The van der Waals surface area contributed by atoms with Crippen molar-refractivity contribution >= 4 is 6.29 Å². The average molecular weight is 156 g/mol. The number of carbonyl (C=O) groups is 1. The van der Waals surface area contributed by atoms with E-state index in [0.29, 0.717) is 0 Å². The van der Waals surface area contributed by atoms with E-state index in [-0.39, 0.29) is 5.41 Å². The molecule has 1 aliphatic rings. The van der Waals surface area contributed by atoms with Crippen LogP contribution in [0, 0.1) is 5.41 Å². The van der Waals surface area contributed by atoms with E-state index >= 15 is 0 Å². The zero-order valence-corrected chi connectivity index (χ0v) is 7.14. The topological polar surface area (TPSA) is 26.3 Å². The van der Waals surface area contributed by atoms with Gasteiger partial charge in [-0.05, 0) is 25.7 Å². The lowest BCUT2D eigenvalue weighted by Gasteiger charge is -2.36. The molecule has 0 aromatic rings. The lowest BCUT2D eigenvalue weighted by Crippen LogP contribution is -2.31. The average Bonchev–Trinajstić information content (AvgIpc) is 1.95. The number of carbonyl (C=O) groups excluding carboxylic acids is 1. The van der Waals surface area contributed by atoms with Gasteiger partial charge in [0.1, 0.15) is 6.29 Å². The summed E-state index contributed by atoms with van der Waals surface area (Å²) in [5.74, 6) is 0. The summed E-state index contributed by atoms with van der Waals surface area (Å²) in [4.78, 5) is 10.7. The van der Waals surface area contributed by atoms with Gasteiger partial charge in [-0.25, -0.2) is 0 Å². The first kappa shape index (κ1) is 8.72. The van der Waals surface area contributed by atoms with Crippen LogP contribution in [-0.4, -0.2) is 20.0 Å². The highest BCUT2D eigenvalue weighted by Gasteiger charge is 2.35. The molecular formula is C9H16O2. The molecule has 0 N–H and O–H groups in total. The van der Waals surface area contributed by atoms with Crippen LogP contribution in [0.1, 0.15) is 32.1 Å². The van der Waals surface area contributed by atoms with Crippen LogP contribution in [0.2, 0.25) is 0 Å². The summed E-state index contributed by atoms with van der Waals surface area (Å²) in [5.41, 5.74) is 0.0541. The quantitative estimate of drug-likeness (QED) is 0.448. The van der Waals surface area contributed by atoms with Crippen molar-refractivity contribution in [1.29, 1.82) is 0 Å². The van der Waals surface area contributed by atoms with Crippen molar-refractivity contribution in [3.8, 4) is 0 Å². The van der Waals surface area contributed by atoms with Gasteiger partial charge >= 0.3 is 0 Å². The zero-order chi connectivity index (χ0) is 8.16. The molecule has 1 rings (SSSR count). The van der Waals surface area contributed by atoms with Gasteiger partial charge in [-0.2, -0.15) is 0 Å². The summed E-state index contributed by atoms with van der Waals surface area (Å²) in [5, 5.41) is 0. The first-order valence-electron chi connectivity index (χ1n) is 4.28. The van der Waals surface area contributed by atoms with Crippen molar-refractivity contribution in [2.45, 2.75) is 32.1 Å². The zero-order valence-electron chi connectivity index (χ0n) is 7.14. The van der Waals surface area contributed by atoms with Crippen LogP contribution in [-0.2, 0) is 9.53 Å². The van der Waals surface area contributed by atoms with Gasteiger partial charge in [-0.15, -0.1) is 0 Å². The van der Waals surface area contributed by atoms with Gasteiger partial charge < -0.3 is 9.53 Å². The third-order valence-electron chi connectivity index (χ3n) is 2.62. The number of methoxy groups -OCH3 is 1. The highest BCUT2D eigenvalue weighted by molar-refractivity contribution is 5.60. The van der Waals surface area contributed by atoms with Crippen molar-refractivity contribution in [2.24, 2.45) is 5.41 Å². The van der Waals surface area contributed by atoms with E-state index in [9.17, 15) is 4.79 Å². The predicted octanol–water partition coefficient (Wildman–Crippen LogP) is 1.78. The Kier molecular flexibility index (Phi) is 3.06. The van der Waals surface area contributed by atoms with E-state index in [4.69, 9.17) is 4.74 Å². The van der Waals surface area contributed by atoms with Crippen LogP contribution in [0.5, 0.6) is 0 Å². The number of hydrogen-bond donors (Lipinski definition) is 0. The van der Waals surface area contributed by atoms with E-state index in [1.54, 1.807) is 7.11 Å². The molecule has 0 amide bonds. The predicted molar refractivity (Wildman–Crippen MR) is 43.5 cm³/mol. The van der Waals surface area contributed by atoms with Crippen LogP contribution >= 0.6 is 0 Å². The molecule has 11 heavy (non-hydrogen) atoms. The van der Waals surface area contributed by atoms with Crippen molar-refractivity contribution < 1.29 is 9.53 Å². The maximum Gasteiger partial charge on any atom is 0.126 e. The molecular weight excluding hydrogens is 140 g/mol. The van der Waals surface area contributed by atoms with Gasteiger partial charge in [0.15, 0.2) is 0 Å². The molecule has 1 aliphatic carbocycles. The molecule has 2 nitrogen and oxygen atoms in total. The molecule has 64 valence electrons. The minimum Gasteiger partial charge on any atom is -0.385 e. The van der Waals surface area contributed by atoms with Crippen LogP contribution in [0.4, 0.5) is 0 Å². The monoisotopic (exact) mass is 156 g/mol. The van der Waals surface area contributed by atoms with Gasteiger partial charge in [0.25, 0.3) is 0 Å². The van der Waals surface area contributed by atoms with Crippen molar-refractivity contribution in [3.05, 3.63) is 0 Å². The highest BCUT2D eigenvalue weighted by Crippen LogP contribution is 2.42. The second kappa shape index (κ2) is 3.86. The molecule has 0 spiro atoms. The molecule has 0 radical (unpaired) electrons. The summed E-state index contributed by atoms with van der Waals surface area (Å²) in [6.45, 7) is 0.787. The minimum absolute atomic E-state index is 0.0541. The molecule has 0 aliphatic heterocycles. The van der Waals surface area contributed by atoms with E-state index in [2.05, 4.69) is 0 Å². The van der Waals surface area contributed by atoms with Crippen LogP contribution in [0.25, 0.3) is 0 Å². The number of ether oxygens (including phenoxy) is 1. The Morgan fingerprint density at radius 3 is 2.64 bits per heavy atom. The van der Waals surface area contributed by atoms with Crippen molar-refractivity contribution in [2.75, 3.05) is 13.7 Å². The first-order chi connectivity index (χ1) is 5.33. The second-order valence-corrected chi connectivity index (χ2v) is 3.43. The molecule has 0 heterocycles. The van der Waals surface area contributed by atoms with E-state index in [1.807, 2.05) is 0 Å². The second-order valence-electron chi connectivity index (χ2n) is 3.43. The Labute approximate surface area is 67.9 Å². The number of hydrogen-bond acceptors (Lipinski definition) is 2. The molecule has 0 saturated heterocycles. The number of aldehydes is 1. The van der Waals surface area contributed by atoms with Crippen molar-refractivity contribution in [3.63, 3.8) is 0 Å². The fourth-order valence-electron chi connectivity index (χ4n) is 1.63. The van der Waals surface area contributed by atoms with Gasteiger partial charge in [-0.3, -0.25) is 0 Å². The Morgan fingerprint density at radius 2 is 2.27 bits per heavy atom. The van der Waals surface area contributed by atoms with E-state index in [0.717, 1.165) is 38.6 Å². The summed E-state index contributed by atoms with van der Waals surface area (Å²) in [6, 6.07) is 0. The van der Waals surface area contributed by atoms with Gasteiger partial charge in [0.05, 0.1) is 0 Å². The summed E-state index contributed by atoms with van der Waals surface area (Å²) >= 11 is 0. The minimum atomic E-state index is 0.0541. The normalized spacial score (nSPS) is 20.8. The van der Waals surface area contributed by atoms with Crippen LogP contribution in [0.15, 0.2) is 0 Å². The Hall–Kier alpha value is -0.370. The smallest absolute Gasteiger partial charge is 0.126 e. The Balaban J connectivity index is 2.16. The maximum absolute atomic E-state index is 10.7. The molecule has 0 aromatic heterocycles. The molecule has 0 atom stereocenters. The summed E-state index contributed by atoms with van der Waals surface area (Å²) < 4.78 is 4.93. The SMILES string of the molecule is COCCCC1(C=O)CCC1. The maximum atomic E-state index is 10.7. The largest absolute Gasteiger partial charge is 0.385 e. The molecule has 0 bridgehead atoms. The third kappa shape index (κ3) is 2.03. The van der Waals surface area contributed by atoms with E-state index < -0.39 is 0 Å². The van der Waals surface area contributed by atoms with Gasteiger partial charge in [0.2, 0.25) is 0 Å². The summed E-state index contributed by atoms with van der Waals surface area (Å²) in [6.07, 6.45) is 6.61. The van der Waals surface area contributed by atoms with Gasteiger partial charge in [0, 0.05) is 19.1 Å². The molecule has 0 unspecified atom stereocenters.